The van der Waals surface area contributed by atoms with E-state index in [1.165, 1.54) is 4.88 Å². The van der Waals surface area contributed by atoms with Gasteiger partial charge in [-0.3, -0.25) is 0 Å². The zero-order valence-corrected chi connectivity index (χ0v) is 12.8. The first-order chi connectivity index (χ1) is 9.75. The molecule has 0 bridgehead atoms. The highest BCUT2D eigenvalue weighted by Crippen LogP contribution is 2.27. The van der Waals surface area contributed by atoms with Gasteiger partial charge in [0, 0.05) is 37.0 Å². The number of rotatable bonds is 5. The van der Waals surface area contributed by atoms with Crippen LogP contribution in [-0.2, 0) is 11.8 Å². The summed E-state index contributed by atoms with van der Waals surface area (Å²) in [4.78, 5) is 5.84. The summed E-state index contributed by atoms with van der Waals surface area (Å²) < 4.78 is 7.60. The van der Waals surface area contributed by atoms with Gasteiger partial charge in [0.2, 0.25) is 0 Å². The summed E-state index contributed by atoms with van der Waals surface area (Å²) in [5.41, 5.74) is 0. The van der Waals surface area contributed by atoms with Gasteiger partial charge in [0.25, 0.3) is 0 Å². The molecule has 1 N–H and O–H groups in total. The fourth-order valence-electron chi connectivity index (χ4n) is 2.74. The second-order valence-corrected chi connectivity index (χ2v) is 6.40. The minimum absolute atomic E-state index is 0.158. The molecule has 1 aliphatic rings. The second kappa shape index (κ2) is 6.08. The average Bonchev–Trinajstić information content (AvgIpc) is 3.18. The van der Waals surface area contributed by atoms with Crippen molar-refractivity contribution in [2.24, 2.45) is 13.0 Å². The van der Waals surface area contributed by atoms with E-state index < -0.39 is 0 Å². The summed E-state index contributed by atoms with van der Waals surface area (Å²) in [5.74, 6) is 1.66. The van der Waals surface area contributed by atoms with Gasteiger partial charge in [-0.05, 0) is 30.7 Å². The van der Waals surface area contributed by atoms with Crippen LogP contribution in [0.5, 0.6) is 0 Å². The Labute approximate surface area is 123 Å². The molecule has 1 saturated heterocycles. The first kappa shape index (κ1) is 13.8. The molecule has 3 heterocycles. The summed E-state index contributed by atoms with van der Waals surface area (Å²) in [7, 11) is 2.05. The van der Waals surface area contributed by atoms with Gasteiger partial charge >= 0.3 is 0 Å². The van der Waals surface area contributed by atoms with Crippen LogP contribution in [0.2, 0.25) is 0 Å². The third-order valence-electron chi connectivity index (χ3n) is 4.05. The van der Waals surface area contributed by atoms with E-state index in [0.29, 0.717) is 12.0 Å². The van der Waals surface area contributed by atoms with E-state index in [-0.39, 0.29) is 6.04 Å². The highest BCUT2D eigenvalue weighted by molar-refractivity contribution is 7.10. The Bertz CT molecular complexity index is 531. The van der Waals surface area contributed by atoms with Gasteiger partial charge in [-0.25, -0.2) is 4.98 Å². The molecule has 5 heteroatoms. The van der Waals surface area contributed by atoms with Crippen molar-refractivity contribution in [3.05, 3.63) is 40.6 Å². The Morgan fingerprint density at radius 3 is 3.05 bits per heavy atom. The molecule has 108 valence electrons. The molecular weight excluding hydrogens is 270 g/mol. The Morgan fingerprint density at radius 2 is 2.45 bits per heavy atom. The first-order valence-electron chi connectivity index (χ1n) is 7.10. The summed E-state index contributed by atoms with van der Waals surface area (Å²) in [5, 5.41) is 5.87. The number of imidazole rings is 1. The van der Waals surface area contributed by atoms with Gasteiger partial charge in [-0.1, -0.05) is 6.07 Å². The van der Waals surface area contributed by atoms with Crippen LogP contribution in [0.25, 0.3) is 0 Å². The Hall–Kier alpha value is -1.17. The molecular formula is C15H21N3OS. The van der Waals surface area contributed by atoms with E-state index in [0.717, 1.165) is 25.5 Å². The lowest BCUT2D eigenvalue weighted by atomic mass is 9.99. The van der Waals surface area contributed by atoms with Crippen LogP contribution in [0.1, 0.15) is 30.1 Å². The van der Waals surface area contributed by atoms with Crippen molar-refractivity contribution >= 4 is 11.3 Å². The van der Waals surface area contributed by atoms with Gasteiger partial charge in [-0.2, -0.15) is 0 Å². The van der Waals surface area contributed by atoms with Crippen molar-refractivity contribution in [1.29, 1.82) is 0 Å². The fraction of sp³-hybridized carbons (Fsp3) is 0.533. The van der Waals surface area contributed by atoms with E-state index in [2.05, 4.69) is 39.3 Å². The summed E-state index contributed by atoms with van der Waals surface area (Å²) in [6.07, 6.45) is 5.01. The molecule has 0 aliphatic carbocycles. The quantitative estimate of drug-likeness (QED) is 0.920. The van der Waals surface area contributed by atoms with Crippen molar-refractivity contribution < 1.29 is 4.74 Å². The number of aromatic nitrogens is 2. The Morgan fingerprint density at radius 1 is 1.55 bits per heavy atom. The van der Waals surface area contributed by atoms with E-state index in [4.69, 9.17) is 4.74 Å². The molecule has 3 atom stereocenters. The predicted molar refractivity (Wildman–Crippen MR) is 80.9 cm³/mol. The van der Waals surface area contributed by atoms with E-state index in [9.17, 15) is 0 Å². The first-order valence-corrected chi connectivity index (χ1v) is 7.98. The van der Waals surface area contributed by atoms with Crippen molar-refractivity contribution in [1.82, 2.24) is 14.9 Å². The normalized spacial score (nSPS) is 22.0. The van der Waals surface area contributed by atoms with Crippen molar-refractivity contribution in [2.75, 3.05) is 13.2 Å². The van der Waals surface area contributed by atoms with Crippen LogP contribution in [-0.4, -0.2) is 28.8 Å². The number of aryl methyl sites for hydroxylation is 1. The van der Waals surface area contributed by atoms with Crippen molar-refractivity contribution in [3.63, 3.8) is 0 Å². The molecule has 20 heavy (non-hydrogen) atoms. The third-order valence-corrected chi connectivity index (χ3v) is 4.98. The zero-order chi connectivity index (χ0) is 13.9. The predicted octanol–water partition coefficient (Wildman–Crippen LogP) is 2.59. The fourth-order valence-corrected chi connectivity index (χ4v) is 3.52. The van der Waals surface area contributed by atoms with Crippen LogP contribution in [0.15, 0.2) is 29.9 Å². The van der Waals surface area contributed by atoms with E-state index in [1.807, 2.05) is 19.4 Å². The minimum atomic E-state index is 0.158. The summed E-state index contributed by atoms with van der Waals surface area (Å²) in [6.45, 7) is 4.01. The second-order valence-electron chi connectivity index (χ2n) is 5.42. The number of nitrogens with zero attached hydrogens (tertiary/aromatic N) is 2. The Kier molecular flexibility index (Phi) is 4.19. The number of thiophene rings is 1. The molecule has 0 radical (unpaired) electrons. The lowest BCUT2D eigenvalue weighted by Gasteiger charge is -2.25. The minimum Gasteiger partial charge on any atom is -0.381 e. The number of hydrogen-bond acceptors (Lipinski definition) is 4. The van der Waals surface area contributed by atoms with Gasteiger partial charge < -0.3 is 14.6 Å². The lowest BCUT2D eigenvalue weighted by Crippen LogP contribution is -2.37. The Balaban J connectivity index is 1.81. The van der Waals surface area contributed by atoms with E-state index >= 15 is 0 Å². The van der Waals surface area contributed by atoms with Crippen molar-refractivity contribution in [2.45, 2.75) is 25.4 Å². The maximum atomic E-state index is 5.51. The zero-order valence-electron chi connectivity index (χ0n) is 12.0. The van der Waals surface area contributed by atoms with Gasteiger partial charge in [-0.15, -0.1) is 11.3 Å². The maximum Gasteiger partial charge on any atom is 0.131 e. The number of nitrogens with one attached hydrogen (secondary N) is 1. The number of hydrogen-bond donors (Lipinski definition) is 1. The molecule has 0 spiro atoms. The SMILES string of the molecule is CC(NC(c1cccs1)c1nccn1C)C1CCOC1. The number of ether oxygens (including phenoxy) is 1. The molecule has 3 unspecified atom stereocenters. The van der Waals surface area contributed by atoms with Crippen LogP contribution < -0.4 is 5.32 Å². The van der Waals surface area contributed by atoms with Gasteiger partial charge in [0.05, 0.1) is 6.61 Å². The van der Waals surface area contributed by atoms with Crippen LogP contribution in [0.4, 0.5) is 0 Å². The smallest absolute Gasteiger partial charge is 0.131 e. The van der Waals surface area contributed by atoms with E-state index in [1.54, 1.807) is 11.3 Å². The summed E-state index contributed by atoms with van der Waals surface area (Å²) in [6, 6.07) is 4.85. The lowest BCUT2D eigenvalue weighted by molar-refractivity contribution is 0.177. The molecule has 1 aliphatic heterocycles. The summed E-state index contributed by atoms with van der Waals surface area (Å²) >= 11 is 1.78. The monoisotopic (exact) mass is 291 g/mol. The van der Waals surface area contributed by atoms with Crippen LogP contribution in [0.3, 0.4) is 0 Å². The molecule has 2 aromatic heterocycles. The molecule has 1 fully saturated rings. The highest BCUT2D eigenvalue weighted by atomic mass is 32.1. The largest absolute Gasteiger partial charge is 0.381 e. The molecule has 0 saturated carbocycles. The van der Waals surface area contributed by atoms with Gasteiger partial charge in [0.15, 0.2) is 0 Å². The topological polar surface area (TPSA) is 39.1 Å². The van der Waals surface area contributed by atoms with Crippen molar-refractivity contribution in [3.8, 4) is 0 Å². The van der Waals surface area contributed by atoms with Crippen LogP contribution >= 0.6 is 11.3 Å². The molecule has 0 amide bonds. The maximum absolute atomic E-state index is 5.51. The molecule has 0 aromatic carbocycles. The average molecular weight is 291 g/mol. The highest BCUT2D eigenvalue weighted by Gasteiger charge is 2.27. The molecule has 4 nitrogen and oxygen atoms in total. The van der Waals surface area contributed by atoms with Crippen LogP contribution in [0, 0.1) is 5.92 Å². The standard InChI is InChI=1S/C15H21N3OS/c1-11(12-5-8-19-10-12)17-14(13-4-3-9-20-13)15-16-6-7-18(15)2/h3-4,6-7,9,11-12,14,17H,5,8,10H2,1-2H3. The molecule has 2 aromatic rings. The van der Waals surface area contributed by atoms with Gasteiger partial charge in [0.1, 0.15) is 11.9 Å². The third kappa shape index (κ3) is 2.80. The molecule has 3 rings (SSSR count).